The van der Waals surface area contributed by atoms with E-state index >= 15 is 0 Å². The molecule has 0 amide bonds. The summed E-state index contributed by atoms with van der Waals surface area (Å²) in [5.74, 6) is 0.272. The first kappa shape index (κ1) is 14.1. The summed E-state index contributed by atoms with van der Waals surface area (Å²) < 4.78 is 34.4. The van der Waals surface area contributed by atoms with E-state index in [0.717, 1.165) is 12.8 Å². The fraction of sp³-hybridized carbons (Fsp3) is 0.583. The zero-order chi connectivity index (χ0) is 14.3. The fourth-order valence-corrected chi connectivity index (χ4v) is 2.10. The van der Waals surface area contributed by atoms with Crippen LogP contribution in [0.25, 0.3) is 0 Å². The number of primary sulfonamides is 1. The first-order chi connectivity index (χ1) is 8.67. The Morgan fingerprint density at radius 3 is 2.47 bits per heavy atom. The lowest BCUT2D eigenvalue weighted by atomic mass is 10.2. The van der Waals surface area contributed by atoms with E-state index in [0.29, 0.717) is 0 Å². The van der Waals surface area contributed by atoms with E-state index in [-0.39, 0.29) is 22.6 Å². The summed E-state index contributed by atoms with van der Waals surface area (Å²) in [6.07, 6.45) is 3.16. The Morgan fingerprint density at radius 2 is 2.00 bits per heavy atom. The van der Waals surface area contributed by atoms with Crippen LogP contribution < -0.4 is 14.6 Å². The maximum Gasteiger partial charge on any atom is 0.258 e. The standard InChI is InChI=1S/C12H18N2O4S/c1-12(2,3)18-11-10(17-8-4-5-8)9(6-7-14-11)19(13,15)16/h6-8H,4-5H2,1-3H3,(H2,13,15,16). The Kier molecular flexibility index (Phi) is 3.44. The number of pyridine rings is 1. The summed E-state index contributed by atoms with van der Waals surface area (Å²) in [4.78, 5) is 3.96. The van der Waals surface area contributed by atoms with Crippen molar-refractivity contribution in [1.82, 2.24) is 4.98 Å². The molecule has 0 radical (unpaired) electrons. The predicted molar refractivity (Wildman–Crippen MR) is 69.6 cm³/mol. The van der Waals surface area contributed by atoms with Crippen molar-refractivity contribution in [1.29, 1.82) is 0 Å². The van der Waals surface area contributed by atoms with E-state index in [1.807, 2.05) is 20.8 Å². The lowest BCUT2D eigenvalue weighted by Gasteiger charge is -2.22. The van der Waals surface area contributed by atoms with Gasteiger partial charge in [-0.15, -0.1) is 0 Å². The van der Waals surface area contributed by atoms with Gasteiger partial charge in [0.2, 0.25) is 15.8 Å². The van der Waals surface area contributed by atoms with E-state index in [4.69, 9.17) is 14.6 Å². The highest BCUT2D eigenvalue weighted by atomic mass is 32.2. The number of sulfonamides is 1. The Balaban J connectivity index is 2.46. The van der Waals surface area contributed by atoms with Crippen molar-refractivity contribution in [2.24, 2.45) is 5.14 Å². The second kappa shape index (κ2) is 4.64. The molecule has 0 bridgehead atoms. The molecule has 1 saturated carbocycles. The van der Waals surface area contributed by atoms with Crippen molar-refractivity contribution in [3.63, 3.8) is 0 Å². The zero-order valence-electron chi connectivity index (χ0n) is 11.2. The number of nitrogens with two attached hydrogens (primary N) is 1. The molecule has 0 aromatic carbocycles. The van der Waals surface area contributed by atoms with Crippen LogP contribution in [0.15, 0.2) is 17.2 Å². The number of aromatic nitrogens is 1. The predicted octanol–water partition coefficient (Wildman–Crippen LogP) is 1.45. The van der Waals surface area contributed by atoms with E-state index in [1.54, 1.807) is 0 Å². The number of hydrogen-bond acceptors (Lipinski definition) is 5. The molecule has 19 heavy (non-hydrogen) atoms. The van der Waals surface area contributed by atoms with Crippen LogP contribution in [0.2, 0.25) is 0 Å². The lowest BCUT2D eigenvalue weighted by molar-refractivity contribution is 0.114. The number of ether oxygens (including phenoxy) is 2. The van der Waals surface area contributed by atoms with Gasteiger partial charge in [-0.1, -0.05) is 0 Å². The summed E-state index contributed by atoms with van der Waals surface area (Å²) >= 11 is 0. The van der Waals surface area contributed by atoms with Gasteiger partial charge >= 0.3 is 0 Å². The summed E-state index contributed by atoms with van der Waals surface area (Å²) in [7, 11) is -3.87. The van der Waals surface area contributed by atoms with Crippen LogP contribution in [0.5, 0.6) is 11.6 Å². The largest absolute Gasteiger partial charge is 0.484 e. The fourth-order valence-electron chi connectivity index (χ4n) is 1.46. The van der Waals surface area contributed by atoms with Gasteiger partial charge < -0.3 is 9.47 Å². The Bertz CT molecular complexity index is 574. The second-order valence-electron chi connectivity index (χ2n) is 5.52. The summed E-state index contributed by atoms with van der Waals surface area (Å²) in [5.41, 5.74) is -0.508. The average Bonchev–Trinajstić information content (AvgIpc) is 3.00. The molecular formula is C12H18N2O4S. The summed E-state index contributed by atoms with van der Waals surface area (Å²) in [6.45, 7) is 5.54. The van der Waals surface area contributed by atoms with Crippen LogP contribution in [0.4, 0.5) is 0 Å². The molecule has 1 aromatic rings. The van der Waals surface area contributed by atoms with Crippen molar-refractivity contribution < 1.29 is 17.9 Å². The Hall–Kier alpha value is -1.34. The Morgan fingerprint density at radius 1 is 1.37 bits per heavy atom. The molecule has 1 fully saturated rings. The molecule has 0 aliphatic heterocycles. The molecule has 7 heteroatoms. The van der Waals surface area contributed by atoms with Crippen LogP contribution in [0.3, 0.4) is 0 Å². The third-order valence-electron chi connectivity index (χ3n) is 2.35. The van der Waals surface area contributed by atoms with Crippen LogP contribution in [-0.2, 0) is 10.0 Å². The summed E-state index contributed by atoms with van der Waals surface area (Å²) in [6, 6.07) is 1.32. The van der Waals surface area contributed by atoms with Crippen molar-refractivity contribution >= 4 is 10.0 Å². The molecule has 1 aliphatic carbocycles. The van der Waals surface area contributed by atoms with Gasteiger partial charge in [0.05, 0.1) is 6.10 Å². The van der Waals surface area contributed by atoms with E-state index in [1.165, 1.54) is 12.3 Å². The third kappa shape index (κ3) is 3.81. The quantitative estimate of drug-likeness (QED) is 0.904. The van der Waals surface area contributed by atoms with Crippen LogP contribution in [0.1, 0.15) is 33.6 Å². The van der Waals surface area contributed by atoms with E-state index < -0.39 is 15.6 Å². The van der Waals surface area contributed by atoms with Crippen molar-refractivity contribution in [3.05, 3.63) is 12.3 Å². The van der Waals surface area contributed by atoms with E-state index in [2.05, 4.69) is 4.98 Å². The molecule has 0 spiro atoms. The third-order valence-corrected chi connectivity index (χ3v) is 3.29. The maximum atomic E-state index is 11.6. The van der Waals surface area contributed by atoms with Gasteiger partial charge in [0, 0.05) is 6.20 Å². The monoisotopic (exact) mass is 286 g/mol. The first-order valence-corrected chi connectivity index (χ1v) is 7.59. The van der Waals surface area contributed by atoms with Crippen molar-refractivity contribution in [2.45, 2.75) is 50.2 Å². The van der Waals surface area contributed by atoms with Gasteiger partial charge in [-0.25, -0.2) is 18.5 Å². The van der Waals surface area contributed by atoms with E-state index in [9.17, 15) is 8.42 Å². The molecule has 6 nitrogen and oxygen atoms in total. The van der Waals surface area contributed by atoms with Crippen LogP contribution >= 0.6 is 0 Å². The minimum Gasteiger partial charge on any atom is -0.484 e. The molecule has 2 rings (SSSR count). The highest BCUT2D eigenvalue weighted by Gasteiger charge is 2.30. The van der Waals surface area contributed by atoms with Crippen LogP contribution in [-0.4, -0.2) is 25.1 Å². The smallest absolute Gasteiger partial charge is 0.258 e. The minimum atomic E-state index is -3.87. The highest BCUT2D eigenvalue weighted by molar-refractivity contribution is 7.89. The molecule has 0 atom stereocenters. The van der Waals surface area contributed by atoms with Gasteiger partial charge in [-0.3, -0.25) is 0 Å². The Labute approximate surface area is 113 Å². The van der Waals surface area contributed by atoms with Crippen LogP contribution in [0, 0.1) is 0 Å². The normalized spacial score (nSPS) is 16.2. The molecular weight excluding hydrogens is 268 g/mol. The highest BCUT2D eigenvalue weighted by Crippen LogP contribution is 2.38. The number of hydrogen-bond donors (Lipinski definition) is 1. The summed E-state index contributed by atoms with van der Waals surface area (Å²) in [5, 5.41) is 5.20. The molecule has 1 aromatic heterocycles. The van der Waals surface area contributed by atoms with Gasteiger partial charge in [-0.05, 0) is 39.7 Å². The molecule has 2 N–H and O–H groups in total. The molecule has 0 saturated heterocycles. The molecule has 1 heterocycles. The number of rotatable bonds is 4. The number of nitrogens with zero attached hydrogens (tertiary/aromatic N) is 1. The first-order valence-electron chi connectivity index (χ1n) is 6.04. The van der Waals surface area contributed by atoms with Gasteiger partial charge in [0.15, 0.2) is 0 Å². The maximum absolute atomic E-state index is 11.6. The lowest BCUT2D eigenvalue weighted by Crippen LogP contribution is -2.25. The second-order valence-corrected chi connectivity index (χ2v) is 7.05. The van der Waals surface area contributed by atoms with Crippen molar-refractivity contribution in [3.8, 4) is 11.6 Å². The topological polar surface area (TPSA) is 91.5 Å². The van der Waals surface area contributed by atoms with Gasteiger partial charge in [0.1, 0.15) is 10.5 Å². The molecule has 106 valence electrons. The van der Waals surface area contributed by atoms with Crippen molar-refractivity contribution in [2.75, 3.05) is 0 Å². The average molecular weight is 286 g/mol. The van der Waals surface area contributed by atoms with Gasteiger partial charge in [-0.2, -0.15) is 0 Å². The van der Waals surface area contributed by atoms with Gasteiger partial charge in [0.25, 0.3) is 5.88 Å². The SMILES string of the molecule is CC(C)(C)Oc1nccc(S(N)(=O)=O)c1OC1CC1. The molecule has 1 aliphatic rings. The molecule has 0 unspecified atom stereocenters. The zero-order valence-corrected chi connectivity index (χ0v) is 12.0. The minimum absolute atomic E-state index is 0.0204.